The van der Waals surface area contributed by atoms with Crippen molar-refractivity contribution < 1.29 is 26.7 Å². The van der Waals surface area contributed by atoms with Gasteiger partial charge in [-0.1, -0.05) is 0 Å². The van der Waals surface area contributed by atoms with Crippen LogP contribution in [0.2, 0.25) is 0 Å². The summed E-state index contributed by atoms with van der Waals surface area (Å²) in [5.41, 5.74) is 7.91. The van der Waals surface area contributed by atoms with Crippen molar-refractivity contribution in [2.24, 2.45) is 22.9 Å². The van der Waals surface area contributed by atoms with E-state index in [9.17, 15) is 22.0 Å². The number of hydrazone groups is 1. The highest BCUT2D eigenvalue weighted by Crippen LogP contribution is 2.34. The molecule has 8 nitrogen and oxygen atoms in total. The van der Waals surface area contributed by atoms with E-state index in [1.54, 1.807) is 11.6 Å². The van der Waals surface area contributed by atoms with Crippen LogP contribution in [-0.2, 0) is 24.9 Å². The fourth-order valence-electron chi connectivity index (χ4n) is 4.51. The van der Waals surface area contributed by atoms with Gasteiger partial charge in [0.2, 0.25) is 0 Å². The molecule has 0 saturated carbocycles. The molecule has 0 aliphatic carbocycles. The fourth-order valence-corrected chi connectivity index (χ4v) is 4.51. The van der Waals surface area contributed by atoms with Gasteiger partial charge in [-0.3, -0.25) is 9.89 Å². The molecule has 4 rings (SSSR count). The number of hydrogen-bond donors (Lipinski definition) is 1. The predicted octanol–water partition coefficient (Wildman–Crippen LogP) is 2.73. The number of halogens is 5. The summed E-state index contributed by atoms with van der Waals surface area (Å²) in [5, 5.41) is 4.82. The predicted molar refractivity (Wildman–Crippen MR) is 119 cm³/mol. The van der Waals surface area contributed by atoms with Gasteiger partial charge in [0, 0.05) is 51.5 Å². The second-order valence-corrected chi connectivity index (χ2v) is 8.69. The van der Waals surface area contributed by atoms with Crippen molar-refractivity contribution in [3.8, 4) is 0 Å². The normalized spacial score (nSPS) is 23.4. The van der Waals surface area contributed by atoms with Crippen molar-refractivity contribution in [1.82, 2.24) is 19.5 Å². The Hall–Kier alpha value is -2.90. The Morgan fingerprint density at radius 3 is 2.69 bits per heavy atom. The number of aliphatic imine (C=N–C) groups is 1. The molecule has 2 aromatic rings. The summed E-state index contributed by atoms with van der Waals surface area (Å²) in [6.07, 6.45) is -4.74. The summed E-state index contributed by atoms with van der Waals surface area (Å²) in [5.74, 6) is -0.917. The highest BCUT2D eigenvalue weighted by molar-refractivity contribution is 5.95. The van der Waals surface area contributed by atoms with Gasteiger partial charge < -0.3 is 15.0 Å². The monoisotopic (exact) mass is 499 g/mol. The molecule has 0 bridgehead atoms. The van der Waals surface area contributed by atoms with Gasteiger partial charge in [0.1, 0.15) is 24.3 Å². The standard InChI is InChI=1S/C22H26F5N7O/c1-29-33(3)20(30-11-22(25,26)27)21-31-17-8-34(9-18(17)32(21)2)13-7-16(28)19(35-10-13)14-6-12(23)4-5-15(14)24/h4-6,13,16,19H,1,7-11,28H2,2-3H3/t13?,16?,19-/m1/s1. The largest absolute Gasteiger partial charge is 0.408 e. The molecule has 2 unspecified atom stereocenters. The SMILES string of the molecule is C=NN(C)C(=NCC(F)(F)F)c1nc2c(n1C)CN(C1CO[C@H](c3cc(F)ccc3F)C(N)C1)C2. The molecule has 13 heteroatoms. The number of fused-ring (bicyclic) bond motifs is 1. The van der Waals surface area contributed by atoms with Crippen LogP contribution in [0.15, 0.2) is 28.3 Å². The molecule has 190 valence electrons. The zero-order valence-corrected chi connectivity index (χ0v) is 19.3. The summed E-state index contributed by atoms with van der Waals surface area (Å²) in [6.45, 7) is 3.16. The lowest BCUT2D eigenvalue weighted by Gasteiger charge is -2.38. The number of aromatic nitrogens is 2. The lowest BCUT2D eigenvalue weighted by Crippen LogP contribution is -2.48. The summed E-state index contributed by atoms with van der Waals surface area (Å²) in [4.78, 5) is 10.3. The van der Waals surface area contributed by atoms with E-state index in [1.807, 2.05) is 0 Å². The van der Waals surface area contributed by atoms with Crippen molar-refractivity contribution in [3.05, 3.63) is 52.6 Å². The van der Waals surface area contributed by atoms with E-state index in [1.165, 1.54) is 7.05 Å². The number of nitrogens with two attached hydrogens (primary N) is 1. The topological polar surface area (TPSA) is 84.3 Å². The molecule has 1 aromatic heterocycles. The van der Waals surface area contributed by atoms with Crippen molar-refractivity contribution in [1.29, 1.82) is 0 Å². The zero-order chi connectivity index (χ0) is 25.5. The lowest BCUT2D eigenvalue weighted by atomic mass is 9.93. The van der Waals surface area contributed by atoms with Crippen LogP contribution in [0.25, 0.3) is 0 Å². The number of nitrogens with zero attached hydrogens (tertiary/aromatic N) is 6. The molecule has 0 spiro atoms. The quantitative estimate of drug-likeness (QED) is 0.296. The van der Waals surface area contributed by atoms with Crippen LogP contribution in [0.5, 0.6) is 0 Å². The van der Waals surface area contributed by atoms with Crippen LogP contribution in [0, 0.1) is 11.6 Å². The number of ether oxygens (including phenoxy) is 1. The first-order valence-electron chi connectivity index (χ1n) is 10.9. The minimum Gasteiger partial charge on any atom is -0.370 e. The molecule has 1 aromatic carbocycles. The van der Waals surface area contributed by atoms with Crippen molar-refractivity contribution >= 4 is 12.6 Å². The molecule has 35 heavy (non-hydrogen) atoms. The van der Waals surface area contributed by atoms with Gasteiger partial charge in [0.25, 0.3) is 0 Å². The first-order valence-corrected chi connectivity index (χ1v) is 10.9. The summed E-state index contributed by atoms with van der Waals surface area (Å²) in [6, 6.07) is 2.56. The molecule has 3 atom stereocenters. The molecule has 1 saturated heterocycles. The zero-order valence-electron chi connectivity index (χ0n) is 19.3. The maximum absolute atomic E-state index is 14.2. The van der Waals surface area contributed by atoms with Crippen molar-refractivity contribution in [2.45, 2.75) is 43.9 Å². The Kier molecular flexibility index (Phi) is 6.93. The van der Waals surface area contributed by atoms with E-state index >= 15 is 0 Å². The van der Waals surface area contributed by atoms with E-state index in [0.29, 0.717) is 25.2 Å². The molecule has 3 heterocycles. The minimum absolute atomic E-state index is 0.0382. The number of hydrogen-bond acceptors (Lipinski definition) is 6. The van der Waals surface area contributed by atoms with Crippen LogP contribution in [0.1, 0.15) is 35.3 Å². The fraction of sp³-hybridized carbons (Fsp3) is 0.500. The summed E-state index contributed by atoms with van der Waals surface area (Å²) < 4.78 is 73.7. The second kappa shape index (κ2) is 9.63. The average Bonchev–Trinajstić information content (AvgIpc) is 3.34. The van der Waals surface area contributed by atoms with Gasteiger partial charge in [-0.15, -0.1) is 0 Å². The van der Waals surface area contributed by atoms with Gasteiger partial charge in [0.15, 0.2) is 11.7 Å². The molecular weight excluding hydrogens is 473 g/mol. The number of benzene rings is 1. The molecule has 0 amide bonds. The molecular formula is C22H26F5N7O. The van der Waals surface area contributed by atoms with E-state index in [0.717, 1.165) is 28.9 Å². The van der Waals surface area contributed by atoms with E-state index < -0.39 is 36.5 Å². The Labute approximate surface area is 198 Å². The Morgan fingerprint density at radius 1 is 1.31 bits per heavy atom. The Bertz CT molecular complexity index is 1130. The van der Waals surface area contributed by atoms with Crippen LogP contribution >= 0.6 is 0 Å². The molecule has 2 aliphatic rings. The molecule has 0 radical (unpaired) electrons. The van der Waals surface area contributed by atoms with Gasteiger partial charge >= 0.3 is 6.18 Å². The third-order valence-corrected chi connectivity index (χ3v) is 6.31. The van der Waals surface area contributed by atoms with Gasteiger partial charge in [0.05, 0.1) is 18.0 Å². The number of imidazole rings is 1. The number of rotatable bonds is 5. The van der Waals surface area contributed by atoms with Crippen molar-refractivity contribution in [2.75, 3.05) is 20.2 Å². The number of alkyl halides is 3. The van der Waals surface area contributed by atoms with E-state index in [2.05, 4.69) is 26.7 Å². The second-order valence-electron chi connectivity index (χ2n) is 8.69. The molecule has 1 fully saturated rings. The first-order chi connectivity index (χ1) is 16.5. The first kappa shape index (κ1) is 25.2. The van der Waals surface area contributed by atoms with Gasteiger partial charge in [-0.05, 0) is 24.6 Å². The van der Waals surface area contributed by atoms with Crippen LogP contribution in [0.4, 0.5) is 22.0 Å². The minimum atomic E-state index is -4.47. The van der Waals surface area contributed by atoms with Crippen LogP contribution in [-0.4, -0.2) is 70.5 Å². The number of amidine groups is 1. The van der Waals surface area contributed by atoms with Gasteiger partial charge in [-0.2, -0.15) is 18.3 Å². The third kappa shape index (κ3) is 5.21. The van der Waals surface area contributed by atoms with Crippen LogP contribution in [0.3, 0.4) is 0 Å². The Balaban J connectivity index is 1.48. The smallest absolute Gasteiger partial charge is 0.370 e. The van der Waals surface area contributed by atoms with E-state index in [4.69, 9.17) is 10.5 Å². The molecule has 2 N–H and O–H groups in total. The maximum atomic E-state index is 14.2. The summed E-state index contributed by atoms with van der Waals surface area (Å²) >= 11 is 0. The Morgan fingerprint density at radius 2 is 2.06 bits per heavy atom. The van der Waals surface area contributed by atoms with E-state index in [-0.39, 0.29) is 29.9 Å². The maximum Gasteiger partial charge on any atom is 0.408 e. The average molecular weight is 499 g/mol. The molecule has 2 aliphatic heterocycles. The highest BCUT2D eigenvalue weighted by atomic mass is 19.4. The lowest BCUT2D eigenvalue weighted by molar-refractivity contribution is -0.118. The third-order valence-electron chi connectivity index (χ3n) is 6.31. The van der Waals surface area contributed by atoms with Crippen LogP contribution < -0.4 is 5.73 Å². The summed E-state index contributed by atoms with van der Waals surface area (Å²) in [7, 11) is 3.16. The van der Waals surface area contributed by atoms with Gasteiger partial charge in [-0.25, -0.2) is 18.8 Å². The van der Waals surface area contributed by atoms with Crippen molar-refractivity contribution in [3.63, 3.8) is 0 Å². The highest BCUT2D eigenvalue weighted by Gasteiger charge is 2.38.